The van der Waals surface area contributed by atoms with E-state index in [1.165, 1.54) is 0 Å². The van der Waals surface area contributed by atoms with E-state index in [1.807, 2.05) is 6.07 Å². The quantitative estimate of drug-likeness (QED) is 0.920. The fourth-order valence-corrected chi connectivity index (χ4v) is 1.81. The van der Waals surface area contributed by atoms with Crippen molar-refractivity contribution in [3.05, 3.63) is 70.8 Å². The number of aliphatic hydroxyl groups excluding tert-OH is 1. The fraction of sp³-hybridized carbons (Fsp3) is 0.133. The summed E-state index contributed by atoms with van der Waals surface area (Å²) >= 11 is 0. The second-order valence-electron chi connectivity index (χ2n) is 4.19. The lowest BCUT2D eigenvalue weighted by Gasteiger charge is -2.11. The van der Waals surface area contributed by atoms with Gasteiger partial charge in [0.2, 0.25) is 0 Å². The molecule has 0 spiro atoms. The highest BCUT2D eigenvalue weighted by molar-refractivity contribution is 5.33. The Kier molecular flexibility index (Phi) is 3.88. The molecule has 2 rings (SSSR count). The molecule has 19 heavy (non-hydrogen) atoms. The third kappa shape index (κ3) is 3.15. The van der Waals surface area contributed by atoms with Crippen molar-refractivity contribution in [3.63, 3.8) is 0 Å². The van der Waals surface area contributed by atoms with Crippen molar-refractivity contribution < 1.29 is 13.9 Å². The van der Waals surface area contributed by atoms with E-state index in [2.05, 4.69) is 0 Å². The first-order valence-corrected chi connectivity index (χ1v) is 5.72. The van der Waals surface area contributed by atoms with E-state index in [9.17, 15) is 13.9 Å². The Morgan fingerprint density at radius 1 is 1.11 bits per heavy atom. The molecule has 1 unspecified atom stereocenters. The molecule has 0 saturated heterocycles. The van der Waals surface area contributed by atoms with E-state index in [0.29, 0.717) is 11.1 Å². The van der Waals surface area contributed by atoms with Crippen LogP contribution in [0.2, 0.25) is 0 Å². The zero-order valence-electron chi connectivity index (χ0n) is 9.98. The minimum absolute atomic E-state index is 0.0184. The number of rotatable bonds is 3. The van der Waals surface area contributed by atoms with E-state index in [0.717, 1.165) is 18.2 Å². The van der Waals surface area contributed by atoms with Crippen molar-refractivity contribution in [1.82, 2.24) is 0 Å². The summed E-state index contributed by atoms with van der Waals surface area (Å²) in [5.74, 6) is -1.09. The van der Waals surface area contributed by atoms with Crippen molar-refractivity contribution in [3.8, 4) is 6.07 Å². The van der Waals surface area contributed by atoms with Crippen LogP contribution in [-0.4, -0.2) is 5.11 Å². The summed E-state index contributed by atoms with van der Waals surface area (Å²) < 4.78 is 26.5. The molecule has 0 fully saturated rings. The molecule has 1 atom stereocenters. The van der Waals surface area contributed by atoms with E-state index < -0.39 is 17.7 Å². The molecule has 0 radical (unpaired) electrons. The maximum absolute atomic E-state index is 13.4. The first-order chi connectivity index (χ1) is 9.10. The lowest BCUT2D eigenvalue weighted by Crippen LogP contribution is -2.04. The molecule has 0 saturated carbocycles. The van der Waals surface area contributed by atoms with Gasteiger partial charge in [0.15, 0.2) is 0 Å². The average Bonchev–Trinajstić information content (AvgIpc) is 2.43. The van der Waals surface area contributed by atoms with Crippen LogP contribution in [0, 0.1) is 23.0 Å². The summed E-state index contributed by atoms with van der Waals surface area (Å²) in [7, 11) is 0. The lowest BCUT2D eigenvalue weighted by atomic mass is 10.00. The maximum atomic E-state index is 13.4. The fourth-order valence-electron chi connectivity index (χ4n) is 1.81. The van der Waals surface area contributed by atoms with Gasteiger partial charge in [-0.15, -0.1) is 0 Å². The van der Waals surface area contributed by atoms with Crippen LogP contribution in [0.1, 0.15) is 22.8 Å². The van der Waals surface area contributed by atoms with Gasteiger partial charge in [-0.25, -0.2) is 8.78 Å². The third-order valence-corrected chi connectivity index (χ3v) is 2.85. The van der Waals surface area contributed by atoms with Gasteiger partial charge in [0.25, 0.3) is 0 Å². The summed E-state index contributed by atoms with van der Waals surface area (Å²) in [4.78, 5) is 0. The molecule has 0 aliphatic rings. The van der Waals surface area contributed by atoms with Gasteiger partial charge in [0.05, 0.1) is 17.7 Å². The maximum Gasteiger partial charge on any atom is 0.126 e. The molecule has 2 nitrogen and oxygen atoms in total. The lowest BCUT2D eigenvalue weighted by molar-refractivity contribution is 0.177. The van der Waals surface area contributed by atoms with Crippen molar-refractivity contribution in [2.45, 2.75) is 12.5 Å². The van der Waals surface area contributed by atoms with Crippen LogP contribution in [0.4, 0.5) is 8.78 Å². The van der Waals surface area contributed by atoms with Crippen molar-refractivity contribution in [1.29, 1.82) is 5.26 Å². The van der Waals surface area contributed by atoms with Crippen molar-refractivity contribution >= 4 is 0 Å². The number of aliphatic hydroxyl groups is 1. The Morgan fingerprint density at radius 3 is 2.42 bits per heavy atom. The van der Waals surface area contributed by atoms with Crippen LogP contribution < -0.4 is 0 Å². The Labute approximate surface area is 109 Å². The summed E-state index contributed by atoms with van der Waals surface area (Å²) in [6.45, 7) is 0. The molecule has 2 aromatic rings. The van der Waals surface area contributed by atoms with Crippen LogP contribution in [0.5, 0.6) is 0 Å². The van der Waals surface area contributed by atoms with E-state index in [4.69, 9.17) is 5.26 Å². The molecule has 0 aromatic heterocycles. The number of hydrogen-bond acceptors (Lipinski definition) is 2. The predicted molar refractivity (Wildman–Crippen MR) is 66.2 cm³/mol. The second kappa shape index (κ2) is 5.59. The third-order valence-electron chi connectivity index (χ3n) is 2.85. The van der Waals surface area contributed by atoms with E-state index in [1.54, 1.807) is 24.3 Å². The number of hydrogen-bond donors (Lipinski definition) is 1. The molecule has 0 aliphatic carbocycles. The summed E-state index contributed by atoms with van der Waals surface area (Å²) in [6, 6.07) is 11.4. The van der Waals surface area contributed by atoms with Gasteiger partial charge < -0.3 is 5.11 Å². The predicted octanol–water partition coefficient (Wildman–Crippen LogP) is 3.11. The first kappa shape index (κ1) is 13.2. The van der Waals surface area contributed by atoms with Gasteiger partial charge in [-0.05, 0) is 41.5 Å². The Morgan fingerprint density at radius 2 is 1.79 bits per heavy atom. The standard InChI is InChI=1S/C15H11F2NO/c16-13-5-6-14(17)12(7-13)8-15(19)11-3-1-10(9-18)2-4-11/h1-7,15,19H,8H2. The van der Waals surface area contributed by atoms with Gasteiger partial charge >= 0.3 is 0 Å². The molecular formula is C15H11F2NO. The van der Waals surface area contributed by atoms with Crippen LogP contribution in [-0.2, 0) is 6.42 Å². The van der Waals surface area contributed by atoms with Crippen molar-refractivity contribution in [2.24, 2.45) is 0 Å². The summed E-state index contributed by atoms with van der Waals surface area (Å²) in [5, 5.41) is 18.6. The van der Waals surface area contributed by atoms with Gasteiger partial charge in [0, 0.05) is 6.42 Å². The van der Waals surface area contributed by atoms with Crippen LogP contribution >= 0.6 is 0 Å². The Hall–Kier alpha value is -2.25. The minimum Gasteiger partial charge on any atom is -0.388 e. The number of nitrogens with zero attached hydrogens (tertiary/aromatic N) is 1. The van der Waals surface area contributed by atoms with Gasteiger partial charge in [-0.3, -0.25) is 0 Å². The second-order valence-corrected chi connectivity index (χ2v) is 4.19. The summed E-state index contributed by atoms with van der Waals surface area (Å²) in [6.07, 6.45) is -0.959. The number of halogens is 2. The Balaban J connectivity index is 2.18. The van der Waals surface area contributed by atoms with Crippen LogP contribution in [0.3, 0.4) is 0 Å². The molecule has 1 N–H and O–H groups in total. The smallest absolute Gasteiger partial charge is 0.126 e. The highest BCUT2D eigenvalue weighted by Gasteiger charge is 2.12. The molecule has 96 valence electrons. The molecule has 4 heteroatoms. The first-order valence-electron chi connectivity index (χ1n) is 5.72. The summed E-state index contributed by atoms with van der Waals surface area (Å²) in [5.41, 5.74) is 1.16. The average molecular weight is 259 g/mol. The molecule has 2 aromatic carbocycles. The SMILES string of the molecule is N#Cc1ccc(C(O)Cc2cc(F)ccc2F)cc1. The van der Waals surface area contributed by atoms with Gasteiger partial charge in [0.1, 0.15) is 11.6 Å². The number of benzene rings is 2. The van der Waals surface area contributed by atoms with Crippen molar-refractivity contribution in [2.75, 3.05) is 0 Å². The van der Waals surface area contributed by atoms with Gasteiger partial charge in [-0.2, -0.15) is 5.26 Å². The topological polar surface area (TPSA) is 44.0 Å². The minimum atomic E-state index is -0.941. The normalized spacial score (nSPS) is 11.9. The molecule has 0 amide bonds. The van der Waals surface area contributed by atoms with Gasteiger partial charge in [-0.1, -0.05) is 12.1 Å². The van der Waals surface area contributed by atoms with E-state index in [-0.39, 0.29) is 12.0 Å². The van der Waals surface area contributed by atoms with E-state index >= 15 is 0 Å². The Bertz CT molecular complexity index is 617. The molecule has 0 heterocycles. The molecular weight excluding hydrogens is 248 g/mol. The molecule has 0 aliphatic heterocycles. The zero-order chi connectivity index (χ0) is 13.8. The zero-order valence-corrected chi connectivity index (χ0v) is 9.98. The highest BCUT2D eigenvalue weighted by Crippen LogP contribution is 2.21. The van der Waals surface area contributed by atoms with Crippen LogP contribution in [0.15, 0.2) is 42.5 Å². The van der Waals surface area contributed by atoms with Crippen LogP contribution in [0.25, 0.3) is 0 Å². The largest absolute Gasteiger partial charge is 0.388 e. The molecule has 0 bridgehead atoms. The number of nitriles is 1. The highest BCUT2D eigenvalue weighted by atomic mass is 19.1. The monoisotopic (exact) mass is 259 g/mol.